The van der Waals surface area contributed by atoms with Gasteiger partial charge >= 0.3 is 0 Å². The Labute approximate surface area is 88.0 Å². The second-order valence-corrected chi connectivity index (χ2v) is 4.26. The van der Waals surface area contributed by atoms with E-state index >= 15 is 0 Å². The van der Waals surface area contributed by atoms with E-state index in [1.165, 1.54) is 6.42 Å². The Bertz CT molecular complexity index is 178. The molecule has 0 amide bonds. The molecule has 0 aromatic carbocycles. The maximum atomic E-state index is 5.01. The van der Waals surface area contributed by atoms with Crippen LogP contribution in [0.2, 0.25) is 0 Å². The predicted octanol–water partition coefficient (Wildman–Crippen LogP) is 2.37. The molecule has 0 aliphatic rings. The first-order valence-electron chi connectivity index (χ1n) is 5.16. The zero-order valence-corrected chi connectivity index (χ0v) is 10.3. The van der Waals surface area contributed by atoms with E-state index < -0.39 is 0 Å². The third-order valence-corrected chi connectivity index (χ3v) is 2.20. The van der Waals surface area contributed by atoms with Crippen molar-refractivity contribution in [3.63, 3.8) is 0 Å². The first-order chi connectivity index (χ1) is 6.41. The van der Waals surface area contributed by atoms with Crippen molar-refractivity contribution in [2.75, 3.05) is 14.2 Å². The van der Waals surface area contributed by atoms with E-state index in [1.54, 1.807) is 12.3 Å². The lowest BCUT2D eigenvalue weighted by Crippen LogP contribution is -2.47. The molecule has 0 bridgehead atoms. The van der Waals surface area contributed by atoms with Crippen LogP contribution in [0.1, 0.15) is 34.1 Å². The van der Waals surface area contributed by atoms with Crippen LogP contribution in [0.3, 0.4) is 0 Å². The van der Waals surface area contributed by atoms with Gasteiger partial charge in [0.25, 0.3) is 0 Å². The van der Waals surface area contributed by atoms with Gasteiger partial charge in [-0.05, 0) is 19.8 Å². The quantitative estimate of drug-likeness (QED) is 0.526. The molecule has 0 aromatic rings. The Morgan fingerprint density at radius 3 is 2.50 bits per heavy atom. The summed E-state index contributed by atoms with van der Waals surface area (Å²) >= 11 is 0. The standard InChI is InChI=1S/C11H24N2O/c1-7-10(2)8-9-11(3,4)12-13(5)14-6/h8-10,12H,7H2,1-6H3/b9-8-. The van der Waals surface area contributed by atoms with Crippen LogP contribution in [-0.2, 0) is 4.84 Å². The molecule has 0 aromatic heterocycles. The maximum Gasteiger partial charge on any atom is 0.0591 e. The number of hydrogen-bond acceptors (Lipinski definition) is 3. The summed E-state index contributed by atoms with van der Waals surface area (Å²) in [6.45, 7) is 8.63. The van der Waals surface area contributed by atoms with Crippen molar-refractivity contribution in [3.8, 4) is 0 Å². The summed E-state index contributed by atoms with van der Waals surface area (Å²) in [5, 5.41) is 1.61. The number of hydrazine groups is 1. The maximum absolute atomic E-state index is 5.01. The molecule has 0 heterocycles. The van der Waals surface area contributed by atoms with Crippen LogP contribution < -0.4 is 5.43 Å². The Kier molecular flexibility index (Phi) is 6.00. The van der Waals surface area contributed by atoms with Gasteiger partial charge in [0.15, 0.2) is 0 Å². The van der Waals surface area contributed by atoms with Crippen LogP contribution in [0.15, 0.2) is 12.2 Å². The van der Waals surface area contributed by atoms with E-state index in [2.05, 4.69) is 45.3 Å². The van der Waals surface area contributed by atoms with Crippen LogP contribution >= 0.6 is 0 Å². The van der Waals surface area contributed by atoms with Crippen molar-refractivity contribution in [2.24, 2.45) is 5.92 Å². The predicted molar refractivity (Wildman–Crippen MR) is 60.6 cm³/mol. The number of hydrogen-bond donors (Lipinski definition) is 1. The first kappa shape index (κ1) is 13.6. The molecule has 14 heavy (non-hydrogen) atoms. The van der Waals surface area contributed by atoms with Crippen LogP contribution in [0.25, 0.3) is 0 Å². The van der Waals surface area contributed by atoms with E-state index in [0.717, 1.165) is 0 Å². The van der Waals surface area contributed by atoms with Gasteiger partial charge < -0.3 is 0 Å². The number of nitrogens with zero attached hydrogens (tertiary/aromatic N) is 1. The summed E-state index contributed by atoms with van der Waals surface area (Å²) in [7, 11) is 3.49. The summed E-state index contributed by atoms with van der Waals surface area (Å²) < 4.78 is 0. The highest BCUT2D eigenvalue weighted by Gasteiger charge is 2.15. The van der Waals surface area contributed by atoms with Gasteiger partial charge in [-0.25, -0.2) is 5.43 Å². The largest absolute Gasteiger partial charge is 0.288 e. The summed E-state index contributed by atoms with van der Waals surface area (Å²) in [4.78, 5) is 5.01. The Hall–Kier alpha value is -0.380. The van der Waals surface area contributed by atoms with Crippen molar-refractivity contribution in [1.82, 2.24) is 10.6 Å². The Balaban J connectivity index is 4.11. The molecule has 0 radical (unpaired) electrons. The Morgan fingerprint density at radius 2 is 2.07 bits per heavy atom. The lowest BCUT2D eigenvalue weighted by molar-refractivity contribution is -0.163. The van der Waals surface area contributed by atoms with Crippen molar-refractivity contribution < 1.29 is 4.84 Å². The minimum Gasteiger partial charge on any atom is -0.288 e. The number of nitrogens with one attached hydrogen (secondary N) is 1. The third kappa shape index (κ3) is 6.13. The molecule has 3 nitrogen and oxygen atoms in total. The van der Waals surface area contributed by atoms with Gasteiger partial charge in [-0.1, -0.05) is 32.4 Å². The molecule has 0 aliphatic carbocycles. The highest BCUT2D eigenvalue weighted by atomic mass is 16.7. The fourth-order valence-electron chi connectivity index (χ4n) is 1.03. The van der Waals surface area contributed by atoms with E-state index in [0.29, 0.717) is 5.92 Å². The molecule has 0 rings (SSSR count). The highest BCUT2D eigenvalue weighted by molar-refractivity contribution is 5.01. The zero-order chi connectivity index (χ0) is 11.2. The van der Waals surface area contributed by atoms with Gasteiger partial charge in [0.05, 0.1) is 7.11 Å². The molecule has 0 aliphatic heterocycles. The summed E-state index contributed by atoms with van der Waals surface area (Å²) in [5.74, 6) is 0.629. The topological polar surface area (TPSA) is 24.5 Å². The zero-order valence-electron chi connectivity index (χ0n) is 10.3. The van der Waals surface area contributed by atoms with E-state index in [9.17, 15) is 0 Å². The molecule has 0 saturated heterocycles. The molecule has 84 valence electrons. The summed E-state index contributed by atoms with van der Waals surface area (Å²) in [5.41, 5.74) is 3.13. The van der Waals surface area contributed by atoms with E-state index in [1.807, 2.05) is 7.05 Å². The molecular weight excluding hydrogens is 176 g/mol. The third-order valence-electron chi connectivity index (χ3n) is 2.20. The van der Waals surface area contributed by atoms with Crippen LogP contribution in [0, 0.1) is 5.92 Å². The van der Waals surface area contributed by atoms with Crippen molar-refractivity contribution in [3.05, 3.63) is 12.2 Å². The molecule has 1 atom stereocenters. The monoisotopic (exact) mass is 200 g/mol. The number of hydroxylamine groups is 1. The van der Waals surface area contributed by atoms with Crippen molar-refractivity contribution in [2.45, 2.75) is 39.7 Å². The minimum atomic E-state index is -0.0752. The Morgan fingerprint density at radius 1 is 1.50 bits per heavy atom. The van der Waals surface area contributed by atoms with Gasteiger partial charge in [0.2, 0.25) is 0 Å². The lowest BCUT2D eigenvalue weighted by Gasteiger charge is -2.28. The lowest BCUT2D eigenvalue weighted by atomic mass is 10.0. The van der Waals surface area contributed by atoms with Gasteiger partial charge in [-0.15, -0.1) is 5.17 Å². The fraction of sp³-hybridized carbons (Fsp3) is 0.818. The molecule has 1 N–H and O–H groups in total. The normalized spacial score (nSPS) is 15.4. The first-order valence-corrected chi connectivity index (χ1v) is 5.16. The summed E-state index contributed by atoms with van der Waals surface area (Å²) in [6.07, 6.45) is 5.58. The van der Waals surface area contributed by atoms with Crippen molar-refractivity contribution >= 4 is 0 Å². The molecule has 1 unspecified atom stereocenters. The van der Waals surface area contributed by atoms with Gasteiger partial charge in [-0.3, -0.25) is 4.84 Å². The minimum absolute atomic E-state index is 0.0752. The van der Waals surface area contributed by atoms with Gasteiger partial charge in [-0.2, -0.15) is 0 Å². The van der Waals surface area contributed by atoms with Gasteiger partial charge in [0, 0.05) is 12.6 Å². The number of rotatable bonds is 6. The second kappa shape index (κ2) is 6.17. The average molecular weight is 200 g/mol. The van der Waals surface area contributed by atoms with Crippen LogP contribution in [0.4, 0.5) is 0 Å². The SMILES string of the molecule is CCC(C)/C=C\C(C)(C)NN(C)OC. The molecule has 0 saturated carbocycles. The fourth-order valence-corrected chi connectivity index (χ4v) is 1.03. The second-order valence-electron chi connectivity index (χ2n) is 4.26. The van der Waals surface area contributed by atoms with E-state index in [-0.39, 0.29) is 5.54 Å². The molecule has 3 heteroatoms. The van der Waals surface area contributed by atoms with E-state index in [4.69, 9.17) is 4.84 Å². The van der Waals surface area contributed by atoms with Crippen LogP contribution in [-0.4, -0.2) is 24.9 Å². The molecular formula is C11H24N2O. The van der Waals surface area contributed by atoms with Crippen molar-refractivity contribution in [1.29, 1.82) is 0 Å². The smallest absolute Gasteiger partial charge is 0.0591 e. The summed E-state index contributed by atoms with van der Waals surface area (Å²) in [6, 6.07) is 0. The number of allylic oxidation sites excluding steroid dienone is 1. The molecule has 0 fully saturated rings. The highest BCUT2D eigenvalue weighted by Crippen LogP contribution is 2.09. The van der Waals surface area contributed by atoms with Crippen LogP contribution in [0.5, 0.6) is 0 Å². The van der Waals surface area contributed by atoms with Gasteiger partial charge in [0.1, 0.15) is 0 Å². The molecule has 0 spiro atoms. The average Bonchev–Trinajstić information content (AvgIpc) is 2.13.